The topological polar surface area (TPSA) is 40.1 Å². The first-order valence-electron chi connectivity index (χ1n) is 3.10. The summed E-state index contributed by atoms with van der Waals surface area (Å²) in [5, 5.41) is 10.5. The van der Waals surface area contributed by atoms with Gasteiger partial charge in [-0.25, -0.2) is 0 Å². The predicted molar refractivity (Wildman–Crippen MR) is 42.6 cm³/mol. The van der Waals surface area contributed by atoms with Gasteiger partial charge >= 0.3 is 29.6 Å². The maximum absolute atomic E-state index is 10.5. The summed E-state index contributed by atoms with van der Waals surface area (Å²) in [5.41, 5.74) is 0.264. The quantitative estimate of drug-likeness (QED) is 0.391. The smallest absolute Gasteiger partial charge is 0.545 e. The fourth-order valence-corrected chi connectivity index (χ4v) is 1.40. The molecule has 0 saturated heterocycles. The van der Waals surface area contributed by atoms with Gasteiger partial charge in [0, 0.05) is 10.5 Å². The molecule has 0 atom stereocenters. The fraction of sp³-hybridized carbons (Fsp3) is 0.125. The van der Waals surface area contributed by atoms with E-state index in [9.17, 15) is 9.90 Å². The molecule has 4 heteroatoms. The van der Waals surface area contributed by atoms with E-state index in [1.165, 1.54) is 11.8 Å². The minimum absolute atomic E-state index is 0. The number of carbonyl (C=O) groups excluding carboxylic acids is 1. The number of carboxylic acids is 1. The number of carboxylic acid groups (broad SMARTS) is 1. The average molecular weight is 190 g/mol. The standard InChI is InChI=1S/C8H8O2S.Na/c1-11-7-5-3-2-4-6(7)8(9)10;/h2-5H,1H3,(H,9,10);/q;+1/p-1. The molecule has 1 aromatic rings. The van der Waals surface area contributed by atoms with Crippen LogP contribution in [-0.4, -0.2) is 12.2 Å². The van der Waals surface area contributed by atoms with Crippen molar-refractivity contribution in [3.63, 3.8) is 0 Å². The van der Waals surface area contributed by atoms with Crippen molar-refractivity contribution in [3.8, 4) is 0 Å². The van der Waals surface area contributed by atoms with Crippen LogP contribution in [0.15, 0.2) is 29.2 Å². The number of aromatic carboxylic acids is 1. The van der Waals surface area contributed by atoms with Gasteiger partial charge in [0.2, 0.25) is 0 Å². The molecule has 0 heterocycles. The van der Waals surface area contributed by atoms with Crippen LogP contribution in [0.2, 0.25) is 0 Å². The zero-order valence-electron chi connectivity index (χ0n) is 7.03. The Balaban J connectivity index is 0.00000121. The van der Waals surface area contributed by atoms with Gasteiger partial charge < -0.3 is 9.90 Å². The van der Waals surface area contributed by atoms with Crippen molar-refractivity contribution in [1.82, 2.24) is 0 Å². The van der Waals surface area contributed by atoms with E-state index in [0.29, 0.717) is 0 Å². The summed E-state index contributed by atoms with van der Waals surface area (Å²) in [6.45, 7) is 0. The van der Waals surface area contributed by atoms with Gasteiger partial charge in [0.25, 0.3) is 0 Å². The van der Waals surface area contributed by atoms with E-state index < -0.39 is 5.97 Å². The minimum Gasteiger partial charge on any atom is -0.545 e. The van der Waals surface area contributed by atoms with Crippen LogP contribution in [0.5, 0.6) is 0 Å². The van der Waals surface area contributed by atoms with Gasteiger partial charge in [-0.3, -0.25) is 0 Å². The van der Waals surface area contributed by atoms with Gasteiger partial charge in [-0.1, -0.05) is 18.2 Å². The molecule has 0 aliphatic rings. The Morgan fingerprint density at radius 3 is 2.42 bits per heavy atom. The van der Waals surface area contributed by atoms with Crippen molar-refractivity contribution in [3.05, 3.63) is 29.8 Å². The number of thioether (sulfide) groups is 1. The molecule has 0 aliphatic heterocycles. The molecule has 0 bridgehead atoms. The van der Waals surface area contributed by atoms with Gasteiger partial charge in [-0.2, -0.15) is 0 Å². The second-order valence-corrected chi connectivity index (χ2v) is 2.84. The van der Waals surface area contributed by atoms with E-state index in [2.05, 4.69) is 0 Å². The van der Waals surface area contributed by atoms with Crippen LogP contribution < -0.4 is 34.7 Å². The monoisotopic (exact) mass is 190 g/mol. The molecular formula is C8H7NaO2S. The predicted octanol–water partition coefficient (Wildman–Crippen LogP) is -2.22. The minimum atomic E-state index is -1.12. The molecule has 12 heavy (non-hydrogen) atoms. The summed E-state index contributed by atoms with van der Waals surface area (Å²) in [6, 6.07) is 6.79. The Kier molecular flexibility index (Phi) is 5.66. The van der Waals surface area contributed by atoms with E-state index in [0.717, 1.165) is 4.90 Å². The second-order valence-electron chi connectivity index (χ2n) is 1.99. The first-order valence-corrected chi connectivity index (χ1v) is 4.32. The van der Waals surface area contributed by atoms with E-state index in [1.54, 1.807) is 24.3 Å². The normalized spacial score (nSPS) is 8.75. The SMILES string of the molecule is CSc1ccccc1C(=O)[O-].[Na+]. The molecular weight excluding hydrogens is 183 g/mol. The van der Waals surface area contributed by atoms with Gasteiger partial charge in [0.1, 0.15) is 0 Å². The fourth-order valence-electron chi connectivity index (χ4n) is 0.813. The molecule has 0 aliphatic carbocycles. The largest absolute Gasteiger partial charge is 1.00 e. The molecule has 58 valence electrons. The van der Waals surface area contributed by atoms with Crippen LogP contribution >= 0.6 is 11.8 Å². The number of carbonyl (C=O) groups is 1. The van der Waals surface area contributed by atoms with Crippen LogP contribution in [0.3, 0.4) is 0 Å². The molecule has 1 rings (SSSR count). The Labute approximate surface area is 97.7 Å². The zero-order valence-corrected chi connectivity index (χ0v) is 9.85. The van der Waals surface area contributed by atoms with Crippen molar-refractivity contribution in [2.24, 2.45) is 0 Å². The zero-order chi connectivity index (χ0) is 8.27. The molecule has 0 spiro atoms. The van der Waals surface area contributed by atoms with Gasteiger partial charge in [-0.15, -0.1) is 11.8 Å². The second kappa shape index (κ2) is 5.65. The summed E-state index contributed by atoms with van der Waals surface area (Å²) in [6.07, 6.45) is 1.84. The van der Waals surface area contributed by atoms with Crippen LogP contribution in [0.1, 0.15) is 10.4 Å². The molecule has 0 amide bonds. The van der Waals surface area contributed by atoms with Gasteiger partial charge in [-0.05, 0) is 12.3 Å². The summed E-state index contributed by atoms with van der Waals surface area (Å²) >= 11 is 1.40. The van der Waals surface area contributed by atoms with E-state index >= 15 is 0 Å². The van der Waals surface area contributed by atoms with Crippen LogP contribution in [0.4, 0.5) is 0 Å². The third-order valence-electron chi connectivity index (χ3n) is 1.33. The summed E-state index contributed by atoms with van der Waals surface area (Å²) in [5.74, 6) is -1.12. The number of rotatable bonds is 2. The van der Waals surface area contributed by atoms with Crippen molar-refractivity contribution in [1.29, 1.82) is 0 Å². The van der Waals surface area contributed by atoms with Crippen molar-refractivity contribution in [2.75, 3.05) is 6.26 Å². The molecule has 2 nitrogen and oxygen atoms in total. The third kappa shape index (κ3) is 2.83. The van der Waals surface area contributed by atoms with Gasteiger partial charge in [0.05, 0.1) is 5.97 Å². The number of benzene rings is 1. The molecule has 0 unspecified atom stereocenters. The Hall–Kier alpha value is 0.0400. The molecule has 0 radical (unpaired) electrons. The first-order chi connectivity index (χ1) is 5.25. The Bertz CT molecular complexity index is 276. The Morgan fingerprint density at radius 2 is 2.00 bits per heavy atom. The third-order valence-corrected chi connectivity index (χ3v) is 2.12. The van der Waals surface area contributed by atoms with Crippen molar-refractivity contribution >= 4 is 17.7 Å². The Morgan fingerprint density at radius 1 is 1.42 bits per heavy atom. The van der Waals surface area contributed by atoms with E-state index in [-0.39, 0.29) is 35.1 Å². The van der Waals surface area contributed by atoms with Crippen LogP contribution in [-0.2, 0) is 0 Å². The van der Waals surface area contributed by atoms with Gasteiger partial charge in [0.15, 0.2) is 0 Å². The van der Waals surface area contributed by atoms with E-state index in [4.69, 9.17) is 0 Å². The molecule has 1 aromatic carbocycles. The van der Waals surface area contributed by atoms with Crippen molar-refractivity contribution in [2.45, 2.75) is 4.90 Å². The average Bonchev–Trinajstić information content (AvgIpc) is 2.04. The van der Waals surface area contributed by atoms with Crippen LogP contribution in [0.25, 0.3) is 0 Å². The molecule has 0 N–H and O–H groups in total. The summed E-state index contributed by atoms with van der Waals surface area (Å²) in [4.78, 5) is 11.2. The molecule has 0 aromatic heterocycles. The summed E-state index contributed by atoms with van der Waals surface area (Å²) in [7, 11) is 0. The molecule has 0 saturated carbocycles. The number of hydrogen-bond donors (Lipinski definition) is 0. The maximum Gasteiger partial charge on any atom is 1.00 e. The van der Waals surface area contributed by atoms with E-state index in [1.807, 2.05) is 6.26 Å². The maximum atomic E-state index is 10.5. The van der Waals surface area contributed by atoms with Crippen molar-refractivity contribution < 1.29 is 39.5 Å². The summed E-state index contributed by atoms with van der Waals surface area (Å²) < 4.78 is 0. The molecule has 0 fully saturated rings. The van der Waals surface area contributed by atoms with Crippen LogP contribution in [0, 0.1) is 0 Å². The first kappa shape index (κ1) is 12.0. The number of hydrogen-bond acceptors (Lipinski definition) is 3.